The second-order valence-corrected chi connectivity index (χ2v) is 8.40. The fourth-order valence-electron chi connectivity index (χ4n) is 3.90. The van der Waals surface area contributed by atoms with Crippen molar-refractivity contribution in [3.63, 3.8) is 0 Å². The number of hydrogen-bond acceptors (Lipinski definition) is 4. The molecule has 176 valence electrons. The van der Waals surface area contributed by atoms with Crippen molar-refractivity contribution < 1.29 is 14.3 Å². The molecule has 3 rings (SSSR count). The molecule has 6 heteroatoms. The van der Waals surface area contributed by atoms with Crippen LogP contribution in [0.25, 0.3) is 5.57 Å². The van der Waals surface area contributed by atoms with Crippen LogP contribution in [0.4, 0.5) is 0 Å². The molecule has 0 spiro atoms. The molecule has 0 unspecified atom stereocenters. The van der Waals surface area contributed by atoms with Crippen LogP contribution in [0.15, 0.2) is 48.5 Å². The lowest BCUT2D eigenvalue weighted by Crippen LogP contribution is -2.30. The Bertz CT molecular complexity index is 992. The maximum atomic E-state index is 12.7. The zero-order valence-corrected chi connectivity index (χ0v) is 20.1. The molecule has 0 atom stereocenters. The van der Waals surface area contributed by atoms with Gasteiger partial charge < -0.3 is 20.3 Å². The van der Waals surface area contributed by atoms with Gasteiger partial charge >= 0.3 is 0 Å². The summed E-state index contributed by atoms with van der Waals surface area (Å²) in [4.78, 5) is 27.2. The van der Waals surface area contributed by atoms with Crippen molar-refractivity contribution in [3.05, 3.63) is 70.8 Å². The first-order valence-electron chi connectivity index (χ1n) is 11.8. The smallest absolute Gasteiger partial charge is 0.253 e. The predicted molar refractivity (Wildman–Crippen MR) is 133 cm³/mol. The van der Waals surface area contributed by atoms with E-state index in [2.05, 4.69) is 16.7 Å². The summed E-state index contributed by atoms with van der Waals surface area (Å²) in [7, 11) is 0. The van der Waals surface area contributed by atoms with E-state index in [9.17, 15) is 9.59 Å². The first-order chi connectivity index (χ1) is 15.9. The molecule has 1 aliphatic heterocycles. The van der Waals surface area contributed by atoms with Gasteiger partial charge in [-0.25, -0.2) is 0 Å². The summed E-state index contributed by atoms with van der Waals surface area (Å²) in [5.74, 6) is 0.674. The molecule has 0 bridgehead atoms. The van der Waals surface area contributed by atoms with Gasteiger partial charge in [0.05, 0.1) is 0 Å². The van der Waals surface area contributed by atoms with Crippen LogP contribution in [0.1, 0.15) is 66.0 Å². The summed E-state index contributed by atoms with van der Waals surface area (Å²) in [6.07, 6.45) is 3.02. The fourth-order valence-corrected chi connectivity index (χ4v) is 3.90. The van der Waals surface area contributed by atoms with Crippen molar-refractivity contribution in [1.29, 1.82) is 0 Å². The van der Waals surface area contributed by atoms with Gasteiger partial charge in [-0.1, -0.05) is 18.2 Å². The van der Waals surface area contributed by atoms with Gasteiger partial charge in [-0.3, -0.25) is 9.59 Å². The van der Waals surface area contributed by atoms with Crippen molar-refractivity contribution in [1.82, 2.24) is 15.5 Å². The molecular formula is C27H35N3O3. The SMILES string of the molecule is CCN(CC)C(=O)c1ccc(/C2=C/CCNCCOc3ccc(C(=O)NC(C)C)cc32)cc1. The van der Waals surface area contributed by atoms with Gasteiger partial charge in [0.1, 0.15) is 12.4 Å². The first kappa shape index (κ1) is 24.5. The summed E-state index contributed by atoms with van der Waals surface area (Å²) in [6, 6.07) is 13.4. The van der Waals surface area contributed by atoms with E-state index in [1.807, 2.05) is 69.0 Å². The first-order valence-corrected chi connectivity index (χ1v) is 11.8. The van der Waals surface area contributed by atoms with Crippen molar-refractivity contribution in [2.45, 2.75) is 40.2 Å². The molecular weight excluding hydrogens is 414 g/mol. The average molecular weight is 450 g/mol. The Morgan fingerprint density at radius 2 is 1.73 bits per heavy atom. The Morgan fingerprint density at radius 1 is 1.03 bits per heavy atom. The van der Waals surface area contributed by atoms with Crippen molar-refractivity contribution in [2.75, 3.05) is 32.8 Å². The summed E-state index contributed by atoms with van der Waals surface area (Å²) in [5.41, 5.74) is 4.13. The van der Waals surface area contributed by atoms with Crippen LogP contribution in [0.3, 0.4) is 0 Å². The molecule has 2 amide bonds. The normalized spacial score (nSPS) is 15.6. The average Bonchev–Trinajstić information content (AvgIpc) is 2.82. The maximum Gasteiger partial charge on any atom is 0.253 e. The summed E-state index contributed by atoms with van der Waals surface area (Å²) in [6.45, 7) is 11.4. The zero-order chi connectivity index (χ0) is 23.8. The summed E-state index contributed by atoms with van der Waals surface area (Å²) < 4.78 is 6.06. The van der Waals surface area contributed by atoms with E-state index >= 15 is 0 Å². The molecule has 0 fully saturated rings. The predicted octanol–water partition coefficient (Wildman–Crippen LogP) is 4.11. The van der Waals surface area contributed by atoms with Crippen molar-refractivity contribution in [2.24, 2.45) is 0 Å². The molecule has 0 radical (unpaired) electrons. The van der Waals surface area contributed by atoms with Gasteiger partial charge in [0.15, 0.2) is 0 Å². The van der Waals surface area contributed by atoms with Crippen molar-refractivity contribution >= 4 is 17.4 Å². The number of benzene rings is 2. The Labute approximate surface area is 197 Å². The van der Waals surface area contributed by atoms with Crippen LogP contribution in [0, 0.1) is 0 Å². The highest BCUT2D eigenvalue weighted by molar-refractivity contribution is 5.97. The van der Waals surface area contributed by atoms with E-state index in [1.54, 1.807) is 6.07 Å². The van der Waals surface area contributed by atoms with Crippen molar-refractivity contribution in [3.8, 4) is 5.75 Å². The Balaban J connectivity index is 2.02. The minimum absolute atomic E-state index is 0.0343. The lowest BCUT2D eigenvalue weighted by Gasteiger charge is -2.20. The largest absolute Gasteiger partial charge is 0.492 e. The number of ether oxygens (including phenoxy) is 1. The van der Waals surface area contributed by atoms with Crippen LogP contribution in [0.5, 0.6) is 5.75 Å². The summed E-state index contributed by atoms with van der Waals surface area (Å²) in [5, 5.41) is 6.34. The van der Waals surface area contributed by atoms with E-state index < -0.39 is 0 Å². The highest BCUT2D eigenvalue weighted by Gasteiger charge is 2.18. The third-order valence-corrected chi connectivity index (χ3v) is 5.65. The lowest BCUT2D eigenvalue weighted by atomic mass is 9.93. The second-order valence-electron chi connectivity index (χ2n) is 8.40. The summed E-state index contributed by atoms with van der Waals surface area (Å²) >= 11 is 0. The van der Waals surface area contributed by atoms with E-state index in [1.165, 1.54) is 0 Å². The van der Waals surface area contributed by atoms with E-state index in [4.69, 9.17) is 4.74 Å². The number of hydrogen-bond donors (Lipinski definition) is 2. The van der Waals surface area contributed by atoms with Crippen LogP contribution in [-0.4, -0.2) is 55.5 Å². The van der Waals surface area contributed by atoms with E-state index in [0.717, 1.165) is 42.0 Å². The highest BCUT2D eigenvalue weighted by atomic mass is 16.5. The molecule has 2 aromatic carbocycles. The topological polar surface area (TPSA) is 70.7 Å². The van der Waals surface area contributed by atoms with Crippen LogP contribution < -0.4 is 15.4 Å². The maximum absolute atomic E-state index is 12.7. The number of nitrogens with zero attached hydrogens (tertiary/aromatic N) is 1. The van der Waals surface area contributed by atoms with Gasteiger partial charge in [-0.2, -0.15) is 0 Å². The Morgan fingerprint density at radius 3 is 2.39 bits per heavy atom. The van der Waals surface area contributed by atoms with E-state index in [0.29, 0.717) is 30.8 Å². The molecule has 1 aliphatic rings. The molecule has 0 saturated heterocycles. The minimum Gasteiger partial charge on any atom is -0.492 e. The second kappa shape index (κ2) is 11.7. The van der Waals surface area contributed by atoms with E-state index in [-0.39, 0.29) is 17.9 Å². The molecule has 2 aromatic rings. The zero-order valence-electron chi connectivity index (χ0n) is 20.1. The number of carbonyl (C=O) groups is 2. The van der Waals surface area contributed by atoms with Gasteiger partial charge in [-0.15, -0.1) is 0 Å². The lowest BCUT2D eigenvalue weighted by molar-refractivity contribution is 0.0772. The minimum atomic E-state index is -0.105. The number of amides is 2. The molecule has 2 N–H and O–H groups in total. The van der Waals surface area contributed by atoms with Crippen LogP contribution in [0.2, 0.25) is 0 Å². The highest BCUT2D eigenvalue weighted by Crippen LogP contribution is 2.33. The van der Waals surface area contributed by atoms with Gasteiger partial charge in [0.25, 0.3) is 11.8 Å². The monoisotopic (exact) mass is 449 g/mol. The van der Waals surface area contributed by atoms with Gasteiger partial charge in [-0.05, 0) is 82.1 Å². The van der Waals surface area contributed by atoms with Gasteiger partial charge in [0.2, 0.25) is 0 Å². The van der Waals surface area contributed by atoms with Crippen LogP contribution in [-0.2, 0) is 0 Å². The Hall–Kier alpha value is -3.12. The third-order valence-electron chi connectivity index (χ3n) is 5.65. The molecule has 0 aromatic heterocycles. The quantitative estimate of drug-likeness (QED) is 0.696. The Kier molecular flexibility index (Phi) is 8.66. The molecule has 33 heavy (non-hydrogen) atoms. The standard InChI is InChI=1S/C27H35N3O3/c1-5-30(6-2)27(32)21-11-9-20(10-12-21)23-8-7-15-28-16-17-33-25-14-13-22(18-24(23)25)26(31)29-19(3)4/h8-14,18-19,28H,5-7,15-17H2,1-4H3,(H,29,31)/b23-8-. The third kappa shape index (κ3) is 6.23. The number of fused-ring (bicyclic) bond motifs is 1. The molecule has 0 saturated carbocycles. The number of nitrogens with one attached hydrogen (secondary N) is 2. The fraction of sp³-hybridized carbons (Fsp3) is 0.407. The molecule has 0 aliphatic carbocycles. The van der Waals surface area contributed by atoms with Gasteiger partial charge in [0, 0.05) is 42.4 Å². The van der Waals surface area contributed by atoms with Crippen LogP contribution >= 0.6 is 0 Å². The number of rotatable bonds is 6. The molecule has 6 nitrogen and oxygen atoms in total. The molecule has 1 heterocycles. The number of carbonyl (C=O) groups excluding carboxylic acids is 2.